The summed E-state index contributed by atoms with van der Waals surface area (Å²) in [4.78, 5) is 12.7. The molecule has 18 heavy (non-hydrogen) atoms. The first-order valence-corrected chi connectivity index (χ1v) is 6.35. The van der Waals surface area contributed by atoms with Crippen LogP contribution in [0.2, 0.25) is 0 Å². The van der Waals surface area contributed by atoms with Gasteiger partial charge in [0.15, 0.2) is 6.04 Å². The second-order valence-electron chi connectivity index (χ2n) is 5.03. The van der Waals surface area contributed by atoms with Crippen molar-refractivity contribution in [3.63, 3.8) is 0 Å². The second-order valence-corrected chi connectivity index (χ2v) is 5.03. The van der Waals surface area contributed by atoms with Crippen molar-refractivity contribution in [2.45, 2.75) is 50.1 Å². The average molecular weight is 257 g/mol. The van der Waals surface area contributed by atoms with Gasteiger partial charge in [0.05, 0.1) is 19.2 Å². The summed E-state index contributed by atoms with van der Waals surface area (Å²) in [5, 5.41) is 11.7. The molecule has 2 rings (SSSR count). The maximum atomic E-state index is 13.0. The van der Waals surface area contributed by atoms with Crippen LogP contribution in [0.5, 0.6) is 0 Å². The van der Waals surface area contributed by atoms with Crippen LogP contribution in [0.25, 0.3) is 0 Å². The highest BCUT2D eigenvalue weighted by Crippen LogP contribution is 2.34. The molecule has 1 aliphatic heterocycles. The molecule has 0 aromatic carbocycles. The Morgan fingerprint density at radius 3 is 2.61 bits per heavy atom. The summed E-state index contributed by atoms with van der Waals surface area (Å²) in [6.07, 6.45) is 5.58. The van der Waals surface area contributed by atoms with E-state index in [4.69, 9.17) is 5.26 Å². The number of halogens is 2. The Labute approximate surface area is 105 Å². The molecule has 2 aliphatic rings. The van der Waals surface area contributed by atoms with Gasteiger partial charge in [-0.25, -0.2) is 8.78 Å². The molecule has 1 aliphatic carbocycles. The minimum Gasteiger partial charge on any atom is -0.314 e. The number of rotatable bonds is 3. The van der Waals surface area contributed by atoms with Gasteiger partial charge in [0.2, 0.25) is 5.91 Å². The summed E-state index contributed by atoms with van der Waals surface area (Å²) in [7, 11) is 0. The zero-order valence-corrected chi connectivity index (χ0v) is 10.2. The lowest BCUT2D eigenvalue weighted by atomic mass is 9.95. The Morgan fingerprint density at radius 2 is 2.06 bits per heavy atom. The molecule has 1 saturated heterocycles. The van der Waals surface area contributed by atoms with E-state index in [0.29, 0.717) is 6.04 Å². The fraction of sp³-hybridized carbons (Fsp3) is 0.833. The third kappa shape index (κ3) is 2.61. The molecule has 0 spiro atoms. The minimum atomic E-state index is -3.05. The number of hydrogen-bond acceptors (Lipinski definition) is 3. The normalized spacial score (nSPS) is 27.4. The average Bonchev–Trinajstić information content (AvgIpc) is 2.35. The van der Waals surface area contributed by atoms with Crippen molar-refractivity contribution in [2.24, 2.45) is 0 Å². The monoisotopic (exact) mass is 257 g/mol. The maximum Gasteiger partial charge on any atom is 0.298 e. The van der Waals surface area contributed by atoms with Crippen LogP contribution in [0.1, 0.15) is 32.1 Å². The molecule has 4 nitrogen and oxygen atoms in total. The number of nitrogens with zero attached hydrogens (tertiary/aromatic N) is 2. The molecule has 100 valence electrons. The lowest BCUT2D eigenvalue weighted by Gasteiger charge is -2.43. The van der Waals surface area contributed by atoms with Crippen molar-refractivity contribution < 1.29 is 13.6 Å². The summed E-state index contributed by atoms with van der Waals surface area (Å²) >= 11 is 0. The van der Waals surface area contributed by atoms with E-state index < -0.39 is 24.4 Å². The van der Waals surface area contributed by atoms with Crippen LogP contribution in [0, 0.1) is 11.3 Å². The SMILES string of the molecule is N#CC1N(C(=O)CNC2CCCCC2)CC1(F)F. The molecule has 1 amide bonds. The number of nitrogens with one attached hydrogen (secondary N) is 1. The molecule has 1 saturated carbocycles. The van der Waals surface area contributed by atoms with Crippen molar-refractivity contribution >= 4 is 5.91 Å². The van der Waals surface area contributed by atoms with Gasteiger partial charge in [-0.3, -0.25) is 4.79 Å². The molecule has 1 heterocycles. The topological polar surface area (TPSA) is 56.1 Å². The first kappa shape index (κ1) is 13.2. The molecule has 0 radical (unpaired) electrons. The molecule has 1 atom stereocenters. The van der Waals surface area contributed by atoms with Crippen LogP contribution >= 0.6 is 0 Å². The van der Waals surface area contributed by atoms with Gasteiger partial charge < -0.3 is 10.2 Å². The smallest absolute Gasteiger partial charge is 0.298 e. The van der Waals surface area contributed by atoms with E-state index in [0.717, 1.165) is 30.6 Å². The summed E-state index contributed by atoms with van der Waals surface area (Å²) in [6, 6.07) is 0.213. The first-order valence-electron chi connectivity index (χ1n) is 6.35. The summed E-state index contributed by atoms with van der Waals surface area (Å²) in [6.45, 7) is -0.574. The molecular formula is C12H17F2N3O. The van der Waals surface area contributed by atoms with Gasteiger partial charge in [-0.2, -0.15) is 5.26 Å². The third-order valence-electron chi connectivity index (χ3n) is 3.68. The van der Waals surface area contributed by atoms with E-state index >= 15 is 0 Å². The zero-order chi connectivity index (χ0) is 13.2. The van der Waals surface area contributed by atoms with Crippen LogP contribution in [0.3, 0.4) is 0 Å². The zero-order valence-electron chi connectivity index (χ0n) is 10.2. The Hall–Kier alpha value is -1.22. The fourth-order valence-corrected chi connectivity index (χ4v) is 2.56. The quantitative estimate of drug-likeness (QED) is 0.828. The lowest BCUT2D eigenvalue weighted by molar-refractivity contribution is -0.180. The molecule has 2 fully saturated rings. The predicted octanol–water partition coefficient (Wildman–Crippen LogP) is 1.28. The fourth-order valence-electron chi connectivity index (χ4n) is 2.56. The van der Waals surface area contributed by atoms with Crippen molar-refractivity contribution in [3.8, 4) is 6.07 Å². The number of likely N-dealkylation sites (tertiary alicyclic amines) is 1. The minimum absolute atomic E-state index is 0.0545. The van der Waals surface area contributed by atoms with Gasteiger partial charge in [0.25, 0.3) is 5.92 Å². The van der Waals surface area contributed by atoms with Crippen molar-refractivity contribution in [1.29, 1.82) is 5.26 Å². The van der Waals surface area contributed by atoms with E-state index in [1.165, 1.54) is 12.5 Å². The summed E-state index contributed by atoms with van der Waals surface area (Å²) < 4.78 is 25.9. The standard InChI is InChI=1S/C12H17F2N3O/c13-12(14)8-17(10(12)6-15)11(18)7-16-9-4-2-1-3-5-9/h9-10,16H,1-5,7-8H2. The predicted molar refractivity (Wildman–Crippen MR) is 60.9 cm³/mol. The van der Waals surface area contributed by atoms with Crippen LogP contribution < -0.4 is 5.32 Å². The number of carbonyl (C=O) groups is 1. The van der Waals surface area contributed by atoms with Gasteiger partial charge >= 0.3 is 0 Å². The maximum absolute atomic E-state index is 13.0. The van der Waals surface area contributed by atoms with E-state index in [1.54, 1.807) is 0 Å². The Morgan fingerprint density at radius 1 is 1.39 bits per heavy atom. The van der Waals surface area contributed by atoms with Crippen LogP contribution in [0.4, 0.5) is 8.78 Å². The lowest BCUT2D eigenvalue weighted by Crippen LogP contribution is -2.67. The molecule has 0 bridgehead atoms. The van der Waals surface area contributed by atoms with Gasteiger partial charge in [0.1, 0.15) is 0 Å². The Kier molecular flexibility index (Phi) is 3.81. The Balaban J connectivity index is 1.77. The summed E-state index contributed by atoms with van der Waals surface area (Å²) in [5.74, 6) is -3.45. The number of nitriles is 1. The number of carbonyl (C=O) groups excluding carboxylic acids is 1. The number of alkyl halides is 2. The van der Waals surface area contributed by atoms with Gasteiger partial charge in [-0.15, -0.1) is 0 Å². The molecule has 1 N–H and O–H groups in total. The Bertz CT molecular complexity index is 361. The first-order chi connectivity index (χ1) is 8.54. The van der Waals surface area contributed by atoms with E-state index in [1.807, 2.05) is 0 Å². The van der Waals surface area contributed by atoms with Crippen molar-refractivity contribution in [3.05, 3.63) is 0 Å². The van der Waals surface area contributed by atoms with Crippen molar-refractivity contribution in [1.82, 2.24) is 10.2 Å². The number of amides is 1. The second kappa shape index (κ2) is 5.19. The van der Waals surface area contributed by atoms with Crippen LogP contribution in [-0.4, -0.2) is 41.9 Å². The highest BCUT2D eigenvalue weighted by atomic mass is 19.3. The van der Waals surface area contributed by atoms with Gasteiger partial charge in [0, 0.05) is 6.04 Å². The van der Waals surface area contributed by atoms with Crippen molar-refractivity contribution in [2.75, 3.05) is 13.1 Å². The van der Waals surface area contributed by atoms with Crippen LogP contribution in [0.15, 0.2) is 0 Å². The number of hydrogen-bond donors (Lipinski definition) is 1. The van der Waals surface area contributed by atoms with Gasteiger partial charge in [-0.1, -0.05) is 19.3 Å². The van der Waals surface area contributed by atoms with E-state index in [2.05, 4.69) is 5.32 Å². The molecular weight excluding hydrogens is 240 g/mol. The summed E-state index contributed by atoms with van der Waals surface area (Å²) in [5.41, 5.74) is 0. The van der Waals surface area contributed by atoms with E-state index in [-0.39, 0.29) is 6.54 Å². The highest BCUT2D eigenvalue weighted by Gasteiger charge is 2.57. The molecule has 0 aromatic rings. The van der Waals surface area contributed by atoms with E-state index in [9.17, 15) is 13.6 Å². The molecule has 1 unspecified atom stereocenters. The third-order valence-corrected chi connectivity index (χ3v) is 3.68. The van der Waals surface area contributed by atoms with Crippen LogP contribution in [-0.2, 0) is 4.79 Å². The molecule has 6 heteroatoms. The van der Waals surface area contributed by atoms with Gasteiger partial charge in [-0.05, 0) is 12.8 Å². The molecule has 0 aromatic heterocycles. The highest BCUT2D eigenvalue weighted by molar-refractivity contribution is 5.80. The largest absolute Gasteiger partial charge is 0.314 e.